The molecule has 1 aliphatic rings. The number of nitrogens with zero attached hydrogens (tertiary/aromatic N) is 5. The molecule has 1 aliphatic heterocycles. The van der Waals surface area contributed by atoms with Gasteiger partial charge in [-0.1, -0.05) is 35.9 Å². The summed E-state index contributed by atoms with van der Waals surface area (Å²) in [5.41, 5.74) is 4.44. The number of aliphatic hydroxyl groups is 2. The highest BCUT2D eigenvalue weighted by atomic mass is 35.5. The zero-order valence-corrected chi connectivity index (χ0v) is 19.6. The van der Waals surface area contributed by atoms with Gasteiger partial charge < -0.3 is 24.7 Å². The summed E-state index contributed by atoms with van der Waals surface area (Å²) in [6, 6.07) is 15.6. The van der Waals surface area contributed by atoms with Gasteiger partial charge in [-0.3, -0.25) is 0 Å². The Bertz CT molecular complexity index is 1490. The van der Waals surface area contributed by atoms with Crippen molar-refractivity contribution in [1.29, 1.82) is 0 Å². The monoisotopic (exact) mass is 504 g/mol. The summed E-state index contributed by atoms with van der Waals surface area (Å²) in [7, 11) is 0. The first kappa shape index (κ1) is 22.6. The van der Waals surface area contributed by atoms with Gasteiger partial charge in [-0.05, 0) is 29.8 Å². The standard InChI is InChI=1S/C25H21ClN6O4/c26-17-10-18-24(31-25(29-18)36-20-13-35-19(12-33)23(20)34)30-22(17)15-4-2-14(3-5-15)16-6-7-21(27-11-16)32-9-1-8-28-32/h1-11,19-20,23,33-34H,12-13H2,(H,29,30,31)/t19-,20-,23-/m1/s1. The average Bonchev–Trinajstić information content (AvgIpc) is 3.65. The number of H-pyrrole nitrogens is 1. The smallest absolute Gasteiger partial charge is 0.296 e. The van der Waals surface area contributed by atoms with E-state index in [1.807, 2.05) is 54.9 Å². The number of halogens is 1. The van der Waals surface area contributed by atoms with Crippen molar-refractivity contribution in [3.63, 3.8) is 0 Å². The Hall–Kier alpha value is -3.83. The average molecular weight is 505 g/mol. The second-order valence-electron chi connectivity index (χ2n) is 8.37. The lowest BCUT2D eigenvalue weighted by molar-refractivity contribution is -0.00390. The molecule has 36 heavy (non-hydrogen) atoms. The SMILES string of the molecule is OC[C@H]1OC[C@@H](Oc2nc3nc(-c4ccc(-c5ccc(-n6cccn6)nc5)cc4)c(Cl)cc3[nH]2)[C@@H]1O. The molecular weight excluding hydrogens is 484 g/mol. The maximum atomic E-state index is 10.2. The van der Waals surface area contributed by atoms with Crippen LogP contribution in [0.3, 0.4) is 0 Å². The summed E-state index contributed by atoms with van der Waals surface area (Å²) < 4.78 is 12.8. The molecule has 0 radical (unpaired) electrons. The number of pyridine rings is 2. The third kappa shape index (κ3) is 4.20. The highest BCUT2D eigenvalue weighted by Crippen LogP contribution is 2.31. The third-order valence-corrected chi connectivity index (χ3v) is 6.35. The number of aromatic nitrogens is 6. The van der Waals surface area contributed by atoms with E-state index >= 15 is 0 Å². The van der Waals surface area contributed by atoms with E-state index in [1.165, 1.54) is 0 Å². The normalized spacial score (nSPS) is 19.7. The van der Waals surface area contributed by atoms with E-state index in [-0.39, 0.29) is 19.2 Å². The van der Waals surface area contributed by atoms with Gasteiger partial charge in [-0.2, -0.15) is 10.1 Å². The van der Waals surface area contributed by atoms with E-state index in [0.29, 0.717) is 21.9 Å². The van der Waals surface area contributed by atoms with Crippen LogP contribution in [0.4, 0.5) is 0 Å². The molecule has 4 aromatic heterocycles. The molecule has 0 aliphatic carbocycles. The fourth-order valence-electron chi connectivity index (χ4n) is 4.13. The number of benzene rings is 1. The first-order chi connectivity index (χ1) is 17.6. The first-order valence-corrected chi connectivity index (χ1v) is 11.7. The summed E-state index contributed by atoms with van der Waals surface area (Å²) in [4.78, 5) is 16.5. The minimum absolute atomic E-state index is 0.150. The van der Waals surface area contributed by atoms with Crippen molar-refractivity contribution >= 4 is 22.8 Å². The molecule has 11 heteroatoms. The molecule has 182 valence electrons. The van der Waals surface area contributed by atoms with Gasteiger partial charge >= 0.3 is 0 Å². The second kappa shape index (κ2) is 9.32. The number of hydrogen-bond acceptors (Lipinski definition) is 8. The first-order valence-electron chi connectivity index (χ1n) is 11.3. The van der Waals surface area contributed by atoms with Crippen LogP contribution in [0.5, 0.6) is 6.01 Å². The molecule has 0 spiro atoms. The topological polar surface area (TPSA) is 131 Å². The van der Waals surface area contributed by atoms with E-state index in [1.54, 1.807) is 16.9 Å². The minimum Gasteiger partial charge on any atom is -0.456 e. The number of aliphatic hydroxyl groups excluding tert-OH is 2. The Morgan fingerprint density at radius 1 is 1.11 bits per heavy atom. The maximum Gasteiger partial charge on any atom is 0.296 e. The van der Waals surface area contributed by atoms with Crippen LogP contribution in [0.15, 0.2) is 67.1 Å². The van der Waals surface area contributed by atoms with Gasteiger partial charge in [0.2, 0.25) is 0 Å². The molecule has 0 saturated carbocycles. The lowest BCUT2D eigenvalue weighted by Gasteiger charge is -2.15. The van der Waals surface area contributed by atoms with Crippen molar-refractivity contribution < 1.29 is 19.7 Å². The number of ether oxygens (including phenoxy) is 2. The van der Waals surface area contributed by atoms with Crippen molar-refractivity contribution in [2.75, 3.05) is 13.2 Å². The van der Waals surface area contributed by atoms with E-state index < -0.39 is 18.3 Å². The van der Waals surface area contributed by atoms with Crippen molar-refractivity contribution in [1.82, 2.24) is 29.7 Å². The molecule has 5 heterocycles. The number of nitrogens with one attached hydrogen (secondary N) is 1. The molecule has 3 atom stereocenters. The molecule has 5 aromatic rings. The van der Waals surface area contributed by atoms with Crippen LogP contribution in [-0.2, 0) is 4.74 Å². The zero-order valence-electron chi connectivity index (χ0n) is 18.8. The maximum absolute atomic E-state index is 10.2. The Morgan fingerprint density at radius 3 is 2.61 bits per heavy atom. The van der Waals surface area contributed by atoms with E-state index in [0.717, 1.165) is 22.5 Å². The van der Waals surface area contributed by atoms with Gasteiger partial charge in [0.15, 0.2) is 17.6 Å². The fourth-order valence-corrected chi connectivity index (χ4v) is 4.39. The molecule has 0 bridgehead atoms. The zero-order chi connectivity index (χ0) is 24.6. The fraction of sp³-hybridized carbons (Fsp3) is 0.200. The minimum atomic E-state index is -0.953. The van der Waals surface area contributed by atoms with E-state index in [4.69, 9.17) is 21.1 Å². The van der Waals surface area contributed by atoms with Crippen LogP contribution < -0.4 is 4.74 Å². The van der Waals surface area contributed by atoms with Gasteiger partial charge in [0.25, 0.3) is 6.01 Å². The Labute approximate surface area is 210 Å². The van der Waals surface area contributed by atoms with Crippen LogP contribution in [0.25, 0.3) is 39.4 Å². The van der Waals surface area contributed by atoms with Crippen LogP contribution in [0, 0.1) is 0 Å². The summed E-state index contributed by atoms with van der Waals surface area (Å²) in [5.74, 6) is 0.746. The van der Waals surface area contributed by atoms with Gasteiger partial charge in [0, 0.05) is 29.7 Å². The van der Waals surface area contributed by atoms with Crippen LogP contribution in [0.2, 0.25) is 5.02 Å². The number of imidazole rings is 1. The van der Waals surface area contributed by atoms with Crippen molar-refractivity contribution in [2.24, 2.45) is 0 Å². The molecule has 1 saturated heterocycles. The number of rotatable bonds is 6. The molecule has 3 N–H and O–H groups in total. The summed E-state index contributed by atoms with van der Waals surface area (Å²) in [6.45, 7) is -0.135. The van der Waals surface area contributed by atoms with Crippen molar-refractivity contribution in [2.45, 2.75) is 18.3 Å². The number of fused-ring (bicyclic) bond motifs is 1. The Balaban J connectivity index is 1.22. The van der Waals surface area contributed by atoms with Crippen molar-refractivity contribution in [3.8, 4) is 34.2 Å². The van der Waals surface area contributed by atoms with Gasteiger partial charge in [-0.25, -0.2) is 14.6 Å². The Kier molecular flexibility index (Phi) is 5.86. The molecular formula is C25H21ClN6O4. The van der Waals surface area contributed by atoms with Crippen molar-refractivity contribution in [3.05, 3.63) is 72.1 Å². The van der Waals surface area contributed by atoms with Gasteiger partial charge in [0.1, 0.15) is 12.2 Å². The lowest BCUT2D eigenvalue weighted by Crippen LogP contribution is -2.36. The highest BCUT2D eigenvalue weighted by molar-refractivity contribution is 6.33. The van der Waals surface area contributed by atoms with Crippen LogP contribution in [0.1, 0.15) is 0 Å². The van der Waals surface area contributed by atoms with Gasteiger partial charge in [0.05, 0.1) is 29.4 Å². The molecule has 6 rings (SSSR count). The summed E-state index contributed by atoms with van der Waals surface area (Å²) in [6.07, 6.45) is 3.09. The molecule has 0 unspecified atom stereocenters. The summed E-state index contributed by atoms with van der Waals surface area (Å²) >= 11 is 6.54. The number of hydrogen-bond donors (Lipinski definition) is 3. The summed E-state index contributed by atoms with van der Waals surface area (Å²) in [5, 5.41) is 24.1. The van der Waals surface area contributed by atoms with Gasteiger partial charge in [-0.15, -0.1) is 0 Å². The second-order valence-corrected chi connectivity index (χ2v) is 8.77. The number of aromatic amines is 1. The molecule has 1 fully saturated rings. The molecule has 1 aromatic carbocycles. The highest BCUT2D eigenvalue weighted by Gasteiger charge is 2.37. The van der Waals surface area contributed by atoms with Crippen LogP contribution in [-0.4, -0.2) is 71.5 Å². The van der Waals surface area contributed by atoms with Crippen LogP contribution >= 0.6 is 11.6 Å². The quantitative estimate of drug-likeness (QED) is 0.321. The van der Waals surface area contributed by atoms with E-state index in [2.05, 4.69) is 25.0 Å². The molecule has 0 amide bonds. The van der Waals surface area contributed by atoms with E-state index in [9.17, 15) is 10.2 Å². The largest absolute Gasteiger partial charge is 0.456 e. The Morgan fingerprint density at radius 2 is 1.92 bits per heavy atom. The lowest BCUT2D eigenvalue weighted by atomic mass is 10.0. The predicted molar refractivity (Wildman–Crippen MR) is 132 cm³/mol. The third-order valence-electron chi connectivity index (χ3n) is 6.06. The molecule has 10 nitrogen and oxygen atoms in total. The predicted octanol–water partition coefficient (Wildman–Crippen LogP) is 3.03.